The Balaban J connectivity index is 1.46. The van der Waals surface area contributed by atoms with Crippen molar-refractivity contribution in [1.82, 2.24) is 10.6 Å². The van der Waals surface area contributed by atoms with E-state index in [1.165, 1.54) is 70.8 Å². The summed E-state index contributed by atoms with van der Waals surface area (Å²) in [6.45, 7) is 3.64. The van der Waals surface area contributed by atoms with E-state index in [1.54, 1.807) is 0 Å². The van der Waals surface area contributed by atoms with Crippen LogP contribution in [0.4, 0.5) is 0 Å². The second-order valence-electron chi connectivity index (χ2n) is 7.25. The van der Waals surface area contributed by atoms with Gasteiger partial charge in [0, 0.05) is 24.2 Å². The molecule has 2 heteroatoms. The molecular formula is C16H30N2. The van der Waals surface area contributed by atoms with E-state index in [0.29, 0.717) is 5.54 Å². The fourth-order valence-electron chi connectivity index (χ4n) is 4.47. The van der Waals surface area contributed by atoms with Gasteiger partial charge in [-0.1, -0.05) is 32.1 Å². The first-order valence-electron chi connectivity index (χ1n) is 8.26. The van der Waals surface area contributed by atoms with Crippen LogP contribution in [-0.2, 0) is 0 Å². The number of hydrogen-bond acceptors (Lipinski definition) is 2. The standard InChI is InChI=1S/C16H30N2/c1-16(9-5-2-6-10-16)17-12-14-11-13-7-3-4-8-15(13)18-14/h13-15,17-18H,2-12H2,1H3. The molecule has 0 aromatic carbocycles. The molecular weight excluding hydrogens is 220 g/mol. The van der Waals surface area contributed by atoms with Gasteiger partial charge in [-0.2, -0.15) is 0 Å². The average molecular weight is 250 g/mol. The van der Waals surface area contributed by atoms with Crippen LogP contribution < -0.4 is 10.6 Å². The van der Waals surface area contributed by atoms with E-state index in [1.807, 2.05) is 0 Å². The molecule has 1 saturated heterocycles. The van der Waals surface area contributed by atoms with Crippen LogP contribution in [-0.4, -0.2) is 24.2 Å². The zero-order chi connectivity index (χ0) is 12.4. The molecule has 3 rings (SSSR count). The quantitative estimate of drug-likeness (QED) is 0.803. The van der Waals surface area contributed by atoms with E-state index < -0.39 is 0 Å². The van der Waals surface area contributed by atoms with Crippen LogP contribution in [0.5, 0.6) is 0 Å². The molecule has 2 N–H and O–H groups in total. The van der Waals surface area contributed by atoms with Crippen molar-refractivity contribution < 1.29 is 0 Å². The highest BCUT2D eigenvalue weighted by Gasteiger charge is 2.36. The molecule has 0 radical (unpaired) electrons. The molecule has 18 heavy (non-hydrogen) atoms. The molecule has 2 saturated carbocycles. The molecule has 104 valence electrons. The SMILES string of the molecule is CC1(NCC2CC3CCCCC3N2)CCCCC1. The third kappa shape index (κ3) is 2.91. The number of hydrogen-bond donors (Lipinski definition) is 2. The minimum atomic E-state index is 0.438. The van der Waals surface area contributed by atoms with Crippen molar-refractivity contribution >= 4 is 0 Å². The highest BCUT2D eigenvalue weighted by molar-refractivity contribution is 4.95. The van der Waals surface area contributed by atoms with Crippen molar-refractivity contribution in [3.8, 4) is 0 Å². The van der Waals surface area contributed by atoms with Gasteiger partial charge in [-0.25, -0.2) is 0 Å². The highest BCUT2D eigenvalue weighted by Crippen LogP contribution is 2.33. The first kappa shape index (κ1) is 12.9. The average Bonchev–Trinajstić information content (AvgIpc) is 2.80. The van der Waals surface area contributed by atoms with E-state index in [2.05, 4.69) is 17.6 Å². The van der Waals surface area contributed by atoms with Crippen LogP contribution >= 0.6 is 0 Å². The Bertz CT molecular complexity index is 256. The van der Waals surface area contributed by atoms with Crippen molar-refractivity contribution in [1.29, 1.82) is 0 Å². The van der Waals surface area contributed by atoms with Gasteiger partial charge in [-0.3, -0.25) is 0 Å². The molecule has 0 spiro atoms. The normalized spacial score (nSPS) is 39.5. The Hall–Kier alpha value is -0.0800. The zero-order valence-electron chi connectivity index (χ0n) is 12.0. The van der Waals surface area contributed by atoms with Gasteiger partial charge >= 0.3 is 0 Å². The minimum Gasteiger partial charge on any atom is -0.310 e. The van der Waals surface area contributed by atoms with Crippen LogP contribution in [0, 0.1) is 5.92 Å². The predicted molar refractivity (Wildman–Crippen MR) is 76.8 cm³/mol. The van der Waals surface area contributed by atoms with Crippen molar-refractivity contribution in [2.75, 3.05) is 6.54 Å². The topological polar surface area (TPSA) is 24.1 Å². The lowest BCUT2D eigenvalue weighted by Crippen LogP contribution is -2.49. The second-order valence-corrected chi connectivity index (χ2v) is 7.25. The molecule has 1 heterocycles. The molecule has 3 aliphatic rings. The molecule has 2 aliphatic carbocycles. The summed E-state index contributed by atoms with van der Waals surface area (Å²) in [5.41, 5.74) is 0.438. The highest BCUT2D eigenvalue weighted by atomic mass is 15.1. The van der Waals surface area contributed by atoms with E-state index in [-0.39, 0.29) is 0 Å². The fraction of sp³-hybridized carbons (Fsp3) is 1.00. The summed E-state index contributed by atoms with van der Waals surface area (Å²) >= 11 is 0. The van der Waals surface area contributed by atoms with Gasteiger partial charge in [-0.15, -0.1) is 0 Å². The summed E-state index contributed by atoms with van der Waals surface area (Å²) in [7, 11) is 0. The smallest absolute Gasteiger partial charge is 0.0198 e. The molecule has 1 aliphatic heterocycles. The van der Waals surface area contributed by atoms with Crippen molar-refractivity contribution in [2.45, 2.75) is 88.8 Å². The molecule has 3 unspecified atom stereocenters. The van der Waals surface area contributed by atoms with Crippen molar-refractivity contribution in [3.63, 3.8) is 0 Å². The van der Waals surface area contributed by atoms with Crippen LogP contribution in [0.25, 0.3) is 0 Å². The lowest BCUT2D eigenvalue weighted by molar-refractivity contribution is 0.246. The van der Waals surface area contributed by atoms with E-state index in [9.17, 15) is 0 Å². The molecule has 0 aromatic heterocycles. The third-order valence-electron chi connectivity index (χ3n) is 5.68. The number of nitrogens with one attached hydrogen (secondary N) is 2. The van der Waals surface area contributed by atoms with E-state index >= 15 is 0 Å². The maximum Gasteiger partial charge on any atom is 0.0198 e. The molecule has 0 aromatic rings. The maximum atomic E-state index is 3.89. The maximum absolute atomic E-state index is 3.89. The van der Waals surface area contributed by atoms with Crippen molar-refractivity contribution in [2.24, 2.45) is 5.92 Å². The summed E-state index contributed by atoms with van der Waals surface area (Å²) < 4.78 is 0. The molecule has 3 atom stereocenters. The van der Waals surface area contributed by atoms with Gasteiger partial charge < -0.3 is 10.6 Å². The predicted octanol–water partition coefficient (Wildman–Crippen LogP) is 3.22. The van der Waals surface area contributed by atoms with Crippen LogP contribution in [0.1, 0.15) is 71.1 Å². The Morgan fingerprint density at radius 1 is 1.06 bits per heavy atom. The summed E-state index contributed by atoms with van der Waals surface area (Å²) in [5.74, 6) is 0.990. The van der Waals surface area contributed by atoms with Crippen LogP contribution in [0.2, 0.25) is 0 Å². The molecule has 3 fully saturated rings. The van der Waals surface area contributed by atoms with Crippen LogP contribution in [0.3, 0.4) is 0 Å². The van der Waals surface area contributed by atoms with Gasteiger partial charge in [0.05, 0.1) is 0 Å². The summed E-state index contributed by atoms with van der Waals surface area (Å²) in [6, 6.07) is 1.60. The Labute approximate surface area is 112 Å². The second kappa shape index (κ2) is 5.50. The zero-order valence-corrected chi connectivity index (χ0v) is 12.0. The summed E-state index contributed by atoms with van der Waals surface area (Å²) in [5, 5.41) is 7.77. The van der Waals surface area contributed by atoms with E-state index in [4.69, 9.17) is 0 Å². The molecule has 0 amide bonds. The van der Waals surface area contributed by atoms with Gasteiger partial charge in [0.2, 0.25) is 0 Å². The Morgan fingerprint density at radius 2 is 1.83 bits per heavy atom. The summed E-state index contributed by atoms with van der Waals surface area (Å²) in [6.07, 6.45) is 14.3. The van der Waals surface area contributed by atoms with Crippen LogP contribution in [0.15, 0.2) is 0 Å². The van der Waals surface area contributed by atoms with Gasteiger partial charge in [0.15, 0.2) is 0 Å². The lowest BCUT2D eigenvalue weighted by Gasteiger charge is -2.35. The van der Waals surface area contributed by atoms with Gasteiger partial charge in [0.25, 0.3) is 0 Å². The lowest BCUT2D eigenvalue weighted by atomic mass is 9.83. The Kier molecular flexibility index (Phi) is 3.95. The molecule has 2 nitrogen and oxygen atoms in total. The number of rotatable bonds is 3. The fourth-order valence-corrected chi connectivity index (χ4v) is 4.47. The third-order valence-corrected chi connectivity index (χ3v) is 5.68. The van der Waals surface area contributed by atoms with Gasteiger partial charge in [-0.05, 0) is 44.9 Å². The minimum absolute atomic E-state index is 0.438. The van der Waals surface area contributed by atoms with E-state index in [0.717, 1.165) is 18.0 Å². The molecule has 0 bridgehead atoms. The largest absolute Gasteiger partial charge is 0.310 e. The number of fused-ring (bicyclic) bond motifs is 1. The Morgan fingerprint density at radius 3 is 2.61 bits per heavy atom. The summed E-state index contributed by atoms with van der Waals surface area (Å²) in [4.78, 5) is 0. The van der Waals surface area contributed by atoms with Gasteiger partial charge in [0.1, 0.15) is 0 Å². The monoisotopic (exact) mass is 250 g/mol. The van der Waals surface area contributed by atoms with Crippen molar-refractivity contribution in [3.05, 3.63) is 0 Å². The first-order chi connectivity index (χ1) is 8.75. The first-order valence-corrected chi connectivity index (χ1v) is 8.26.